The fraction of sp³-hybridized carbons (Fsp3) is 0.423. The van der Waals surface area contributed by atoms with Crippen molar-refractivity contribution >= 4 is 22.9 Å². The van der Waals surface area contributed by atoms with Crippen molar-refractivity contribution in [1.82, 2.24) is 29.3 Å². The molecule has 1 N–H and O–H groups in total. The van der Waals surface area contributed by atoms with Crippen LogP contribution >= 0.6 is 0 Å². The monoisotopic (exact) mass is 475 g/mol. The zero-order chi connectivity index (χ0) is 24.9. The minimum atomic E-state index is -0.313. The third-order valence-electron chi connectivity index (χ3n) is 6.71. The van der Waals surface area contributed by atoms with Crippen molar-refractivity contribution in [3.63, 3.8) is 0 Å². The first-order valence-electron chi connectivity index (χ1n) is 12.2. The molecule has 0 radical (unpaired) electrons. The van der Waals surface area contributed by atoms with E-state index in [1.54, 1.807) is 10.8 Å². The number of carbonyl (C=O) groups excluding carboxylic acids is 1. The smallest absolute Gasteiger partial charge is 0.348 e. The van der Waals surface area contributed by atoms with Crippen molar-refractivity contribution in [2.24, 2.45) is 0 Å². The predicted molar refractivity (Wildman–Crippen MR) is 137 cm³/mol. The lowest BCUT2D eigenvalue weighted by molar-refractivity contribution is -0.128. The Bertz CT molecular complexity index is 1250. The lowest BCUT2D eigenvalue weighted by Crippen LogP contribution is -2.49. The molecule has 2 atom stereocenters. The average Bonchev–Trinajstić information content (AvgIpc) is 2.89. The normalized spacial score (nSPS) is 16.1. The summed E-state index contributed by atoms with van der Waals surface area (Å²) < 4.78 is 1.54. The van der Waals surface area contributed by atoms with Crippen LogP contribution in [0, 0.1) is 0 Å². The van der Waals surface area contributed by atoms with Crippen LogP contribution in [0.3, 0.4) is 0 Å². The number of rotatable bonds is 8. The van der Waals surface area contributed by atoms with Crippen molar-refractivity contribution in [3.05, 3.63) is 70.9 Å². The van der Waals surface area contributed by atoms with Crippen LogP contribution in [0.5, 0.6) is 0 Å². The number of anilines is 1. The molecule has 1 aliphatic heterocycles. The number of amides is 1. The number of piperazine rings is 1. The molecule has 0 spiro atoms. The van der Waals surface area contributed by atoms with E-state index in [2.05, 4.69) is 69.9 Å². The minimum absolute atomic E-state index is 0.00794. The van der Waals surface area contributed by atoms with Gasteiger partial charge in [-0.25, -0.2) is 14.8 Å². The molecule has 1 aliphatic rings. The molecule has 3 aromatic rings. The summed E-state index contributed by atoms with van der Waals surface area (Å²) in [5, 5.41) is 4.08. The zero-order valence-corrected chi connectivity index (χ0v) is 20.6. The first kappa shape index (κ1) is 24.5. The van der Waals surface area contributed by atoms with E-state index < -0.39 is 0 Å². The molecule has 0 aliphatic carbocycles. The third kappa shape index (κ3) is 5.24. The SMILES string of the molecule is C=CC(=O)N1CCN([C@@H](CC)c2ccc([C@H](C)Nc3ncc4cnc(=O)n(CC)c4n3)cc2)CC1. The summed E-state index contributed by atoms with van der Waals surface area (Å²) in [6.45, 7) is 13.4. The first-order valence-corrected chi connectivity index (χ1v) is 12.2. The van der Waals surface area contributed by atoms with Gasteiger partial charge in [-0.05, 0) is 37.5 Å². The van der Waals surface area contributed by atoms with Crippen molar-refractivity contribution in [2.75, 3.05) is 31.5 Å². The predicted octanol–water partition coefficient (Wildman–Crippen LogP) is 3.16. The van der Waals surface area contributed by atoms with E-state index in [-0.39, 0.29) is 17.6 Å². The second kappa shape index (κ2) is 10.8. The second-order valence-corrected chi connectivity index (χ2v) is 8.78. The van der Waals surface area contributed by atoms with Crippen LogP contribution in [0.4, 0.5) is 5.95 Å². The van der Waals surface area contributed by atoms with E-state index in [9.17, 15) is 9.59 Å². The van der Waals surface area contributed by atoms with Crippen LogP contribution in [0.25, 0.3) is 11.0 Å². The molecule has 0 saturated carbocycles. The topological polar surface area (TPSA) is 96.3 Å². The highest BCUT2D eigenvalue weighted by atomic mass is 16.2. The highest BCUT2D eigenvalue weighted by Gasteiger charge is 2.25. The first-order chi connectivity index (χ1) is 16.9. The van der Waals surface area contributed by atoms with Crippen LogP contribution in [0.2, 0.25) is 0 Å². The van der Waals surface area contributed by atoms with Gasteiger partial charge in [-0.1, -0.05) is 37.8 Å². The summed E-state index contributed by atoms with van der Waals surface area (Å²) in [5.41, 5.74) is 2.66. The van der Waals surface area contributed by atoms with Crippen LogP contribution in [-0.2, 0) is 11.3 Å². The van der Waals surface area contributed by atoms with Gasteiger partial charge in [0.15, 0.2) is 5.65 Å². The summed E-state index contributed by atoms with van der Waals surface area (Å²) in [6.07, 6.45) is 5.59. The highest BCUT2D eigenvalue weighted by molar-refractivity contribution is 5.87. The Kier molecular flexibility index (Phi) is 7.55. The van der Waals surface area contributed by atoms with E-state index in [4.69, 9.17) is 0 Å². The molecule has 1 saturated heterocycles. The van der Waals surface area contributed by atoms with E-state index in [0.29, 0.717) is 24.2 Å². The fourth-order valence-corrected chi connectivity index (χ4v) is 4.70. The van der Waals surface area contributed by atoms with Gasteiger partial charge >= 0.3 is 5.69 Å². The van der Waals surface area contributed by atoms with Gasteiger partial charge in [0.2, 0.25) is 11.9 Å². The molecule has 184 valence electrons. The quantitative estimate of drug-likeness (QED) is 0.500. The molecule has 9 heteroatoms. The maximum atomic E-state index is 12.1. The van der Waals surface area contributed by atoms with E-state index >= 15 is 0 Å². The second-order valence-electron chi connectivity index (χ2n) is 8.78. The maximum Gasteiger partial charge on any atom is 0.349 e. The van der Waals surface area contributed by atoms with Gasteiger partial charge in [0.1, 0.15) is 0 Å². The van der Waals surface area contributed by atoms with E-state index in [1.165, 1.54) is 17.8 Å². The van der Waals surface area contributed by atoms with Crippen LogP contribution in [-0.4, -0.2) is 61.4 Å². The maximum absolute atomic E-state index is 12.1. The molecule has 2 aromatic heterocycles. The van der Waals surface area contributed by atoms with Gasteiger partial charge < -0.3 is 10.2 Å². The molecule has 1 fully saturated rings. The Morgan fingerprint density at radius 2 is 1.74 bits per heavy atom. The zero-order valence-electron chi connectivity index (χ0n) is 20.6. The van der Waals surface area contributed by atoms with Crippen LogP contribution in [0.15, 0.2) is 54.1 Å². The summed E-state index contributed by atoms with van der Waals surface area (Å²) in [6, 6.07) is 8.95. The number of carbonyl (C=O) groups is 1. The van der Waals surface area contributed by atoms with E-state index in [0.717, 1.165) is 43.5 Å². The minimum Gasteiger partial charge on any atom is -0.348 e. The number of hydrogen-bond donors (Lipinski definition) is 1. The molecule has 1 aromatic carbocycles. The Morgan fingerprint density at radius 1 is 1.09 bits per heavy atom. The van der Waals surface area contributed by atoms with Gasteiger partial charge in [0.25, 0.3) is 0 Å². The Balaban J connectivity index is 1.45. The third-order valence-corrected chi connectivity index (χ3v) is 6.71. The van der Waals surface area contributed by atoms with Crippen molar-refractivity contribution < 1.29 is 4.79 Å². The summed E-state index contributed by atoms with van der Waals surface area (Å²) in [7, 11) is 0. The number of hydrogen-bond acceptors (Lipinski definition) is 7. The average molecular weight is 476 g/mol. The summed E-state index contributed by atoms with van der Waals surface area (Å²) in [5.74, 6) is 0.480. The summed E-state index contributed by atoms with van der Waals surface area (Å²) in [4.78, 5) is 41.1. The lowest BCUT2D eigenvalue weighted by atomic mass is 9.98. The Hall–Kier alpha value is -3.59. The molecule has 0 unspecified atom stereocenters. The molecule has 3 heterocycles. The standard InChI is InChI=1S/C26H33N7O2/c1-5-22(31-12-14-32(15-13-31)23(34)6-2)20-10-8-19(9-11-20)18(4)29-25-27-16-21-17-28-26(35)33(7-3)24(21)30-25/h6,8-11,16-18,22H,2,5,7,12-15H2,1,3-4H3,(H,27,29,30)/t18-,22-/m0/s1. The lowest BCUT2D eigenvalue weighted by Gasteiger charge is -2.39. The van der Waals surface area contributed by atoms with Gasteiger partial charge in [-0.3, -0.25) is 14.3 Å². The van der Waals surface area contributed by atoms with Crippen molar-refractivity contribution in [3.8, 4) is 0 Å². The van der Waals surface area contributed by atoms with Gasteiger partial charge in [0.05, 0.1) is 11.4 Å². The molecule has 0 bridgehead atoms. The highest BCUT2D eigenvalue weighted by Crippen LogP contribution is 2.27. The molecule has 9 nitrogen and oxygen atoms in total. The number of fused-ring (bicyclic) bond motifs is 1. The fourth-order valence-electron chi connectivity index (χ4n) is 4.70. The molecular weight excluding hydrogens is 442 g/mol. The van der Waals surface area contributed by atoms with Crippen LogP contribution in [0.1, 0.15) is 50.4 Å². The van der Waals surface area contributed by atoms with Gasteiger partial charge in [-0.15, -0.1) is 0 Å². The number of nitrogens with one attached hydrogen (secondary N) is 1. The number of aromatic nitrogens is 4. The Labute approximate surface area is 205 Å². The molecule has 35 heavy (non-hydrogen) atoms. The van der Waals surface area contributed by atoms with Crippen LogP contribution < -0.4 is 11.0 Å². The van der Waals surface area contributed by atoms with Crippen molar-refractivity contribution in [2.45, 2.75) is 45.8 Å². The van der Waals surface area contributed by atoms with Crippen molar-refractivity contribution in [1.29, 1.82) is 0 Å². The Morgan fingerprint density at radius 3 is 2.37 bits per heavy atom. The largest absolute Gasteiger partial charge is 0.349 e. The number of aryl methyl sites for hydroxylation is 1. The molecule has 4 rings (SSSR count). The summed E-state index contributed by atoms with van der Waals surface area (Å²) >= 11 is 0. The number of benzene rings is 1. The van der Waals surface area contributed by atoms with Gasteiger partial charge in [-0.2, -0.15) is 4.98 Å². The number of nitrogens with zero attached hydrogens (tertiary/aromatic N) is 6. The molecular formula is C26H33N7O2. The van der Waals surface area contributed by atoms with E-state index in [1.807, 2.05) is 11.8 Å². The molecule has 1 amide bonds. The van der Waals surface area contributed by atoms with Gasteiger partial charge in [0, 0.05) is 51.2 Å².